The summed E-state index contributed by atoms with van der Waals surface area (Å²) in [6.07, 6.45) is -0.519. The molecule has 0 aliphatic heterocycles. The highest BCUT2D eigenvalue weighted by Crippen LogP contribution is 2.25. The molecule has 0 amide bonds. The number of ether oxygens (including phenoxy) is 1. The fourth-order valence-electron chi connectivity index (χ4n) is 1.43. The van der Waals surface area contributed by atoms with Crippen molar-refractivity contribution in [2.24, 2.45) is 5.73 Å². The monoisotopic (exact) mass is 311 g/mol. The van der Waals surface area contributed by atoms with Crippen LogP contribution in [0.5, 0.6) is 0 Å². The van der Waals surface area contributed by atoms with E-state index in [1.807, 2.05) is 0 Å². The molecule has 1 atom stereocenters. The van der Waals surface area contributed by atoms with Crippen molar-refractivity contribution in [3.8, 4) is 0 Å². The molecular weight excluding hydrogens is 297 g/mol. The van der Waals surface area contributed by atoms with Gasteiger partial charge in [-0.2, -0.15) is 0 Å². The predicted octanol–water partition coefficient (Wildman–Crippen LogP) is 2.13. The van der Waals surface area contributed by atoms with Gasteiger partial charge in [0, 0.05) is 13.2 Å². The first kappa shape index (κ1) is 15.7. The van der Waals surface area contributed by atoms with E-state index in [0.29, 0.717) is 11.6 Å². The summed E-state index contributed by atoms with van der Waals surface area (Å²) in [7, 11) is -3.48. The number of nitrogens with two attached hydrogens (primary N) is 1. The lowest BCUT2D eigenvalue weighted by Gasteiger charge is -2.15. The van der Waals surface area contributed by atoms with Crippen LogP contribution in [0.25, 0.3) is 0 Å². The zero-order chi connectivity index (χ0) is 13.8. The molecule has 0 saturated heterocycles. The van der Waals surface area contributed by atoms with Gasteiger partial charge in [-0.25, -0.2) is 8.42 Å². The van der Waals surface area contributed by atoms with Gasteiger partial charge < -0.3 is 10.5 Å². The molecule has 0 bridgehead atoms. The Hall–Kier alpha value is -0.330. The molecule has 0 aliphatic rings. The molecule has 4 nitrogen and oxygen atoms in total. The zero-order valence-corrected chi connectivity index (χ0v) is 12.2. The number of benzene rings is 1. The maximum Gasteiger partial charge on any atom is 0.181 e. The second kappa shape index (κ2) is 6.73. The minimum absolute atomic E-state index is 0.120. The van der Waals surface area contributed by atoms with Crippen LogP contribution in [0, 0.1) is 0 Å². The van der Waals surface area contributed by atoms with Crippen LogP contribution in [0.2, 0.25) is 10.0 Å². The van der Waals surface area contributed by atoms with Crippen molar-refractivity contribution in [2.75, 3.05) is 18.9 Å². The summed E-state index contributed by atoms with van der Waals surface area (Å²) in [6.45, 7) is 2.35. The van der Waals surface area contributed by atoms with Crippen LogP contribution in [-0.2, 0) is 14.6 Å². The van der Waals surface area contributed by atoms with E-state index in [9.17, 15) is 8.42 Å². The molecule has 1 aromatic rings. The van der Waals surface area contributed by atoms with Crippen LogP contribution in [0.4, 0.5) is 0 Å². The Morgan fingerprint density at radius 2 is 2.00 bits per heavy atom. The summed E-state index contributed by atoms with van der Waals surface area (Å²) >= 11 is 11.5. The van der Waals surface area contributed by atoms with Crippen molar-refractivity contribution < 1.29 is 13.2 Å². The maximum atomic E-state index is 12.1. The quantitative estimate of drug-likeness (QED) is 0.873. The lowest BCUT2D eigenvalue weighted by molar-refractivity contribution is 0.0846. The molecule has 0 aliphatic carbocycles. The number of hydrogen-bond acceptors (Lipinski definition) is 4. The van der Waals surface area contributed by atoms with Crippen LogP contribution in [0.3, 0.4) is 0 Å². The second-order valence-corrected chi connectivity index (χ2v) is 6.52. The summed E-state index contributed by atoms with van der Waals surface area (Å²) in [5.41, 5.74) is 5.46. The smallest absolute Gasteiger partial charge is 0.181 e. The molecule has 0 radical (unpaired) electrons. The minimum atomic E-state index is -3.48. The first-order valence-corrected chi connectivity index (χ1v) is 7.81. The molecule has 1 aromatic carbocycles. The molecular formula is C11H15Cl2NO3S. The Kier molecular flexibility index (Phi) is 5.88. The molecule has 2 N–H and O–H groups in total. The van der Waals surface area contributed by atoms with Crippen molar-refractivity contribution in [3.05, 3.63) is 28.2 Å². The van der Waals surface area contributed by atoms with E-state index in [1.54, 1.807) is 6.92 Å². The highest BCUT2D eigenvalue weighted by atomic mass is 35.5. The molecule has 0 spiro atoms. The average molecular weight is 312 g/mol. The van der Waals surface area contributed by atoms with Gasteiger partial charge in [-0.15, -0.1) is 0 Å². The maximum absolute atomic E-state index is 12.1. The summed E-state index contributed by atoms with van der Waals surface area (Å²) in [6, 6.07) is 4.21. The van der Waals surface area contributed by atoms with E-state index < -0.39 is 15.9 Å². The second-order valence-electron chi connectivity index (χ2n) is 3.67. The Labute approximate surface area is 117 Å². The highest BCUT2D eigenvalue weighted by Gasteiger charge is 2.21. The van der Waals surface area contributed by atoms with Gasteiger partial charge in [0.1, 0.15) is 0 Å². The lowest BCUT2D eigenvalue weighted by Crippen LogP contribution is -2.31. The van der Waals surface area contributed by atoms with Crippen molar-refractivity contribution in [2.45, 2.75) is 17.9 Å². The lowest BCUT2D eigenvalue weighted by atomic mass is 10.4. The SMILES string of the molecule is CCOC(CN)CS(=O)(=O)c1ccc(Cl)c(Cl)c1. The van der Waals surface area contributed by atoms with Crippen molar-refractivity contribution in [1.29, 1.82) is 0 Å². The fraction of sp³-hybridized carbons (Fsp3) is 0.455. The Bertz CT molecular complexity index is 505. The molecule has 102 valence electrons. The summed E-state index contributed by atoms with van der Waals surface area (Å²) in [5.74, 6) is -0.171. The molecule has 7 heteroatoms. The van der Waals surface area contributed by atoms with Gasteiger partial charge in [-0.3, -0.25) is 0 Å². The van der Waals surface area contributed by atoms with Crippen molar-refractivity contribution in [3.63, 3.8) is 0 Å². The van der Waals surface area contributed by atoms with E-state index in [2.05, 4.69) is 0 Å². The number of sulfone groups is 1. The van der Waals surface area contributed by atoms with Gasteiger partial charge in [-0.1, -0.05) is 23.2 Å². The van der Waals surface area contributed by atoms with Gasteiger partial charge in [-0.05, 0) is 25.1 Å². The largest absolute Gasteiger partial charge is 0.376 e. The molecule has 1 unspecified atom stereocenters. The molecule has 18 heavy (non-hydrogen) atoms. The third-order valence-electron chi connectivity index (χ3n) is 2.32. The third kappa shape index (κ3) is 4.10. The topological polar surface area (TPSA) is 69.4 Å². The summed E-state index contributed by atoms with van der Waals surface area (Å²) in [4.78, 5) is 0.120. The van der Waals surface area contributed by atoms with E-state index in [0.717, 1.165) is 0 Å². The van der Waals surface area contributed by atoms with Gasteiger partial charge in [0.2, 0.25) is 0 Å². The molecule has 0 aromatic heterocycles. The number of hydrogen-bond donors (Lipinski definition) is 1. The average Bonchev–Trinajstić information content (AvgIpc) is 2.31. The van der Waals surface area contributed by atoms with E-state index >= 15 is 0 Å². The third-order valence-corrected chi connectivity index (χ3v) is 4.84. The number of rotatable bonds is 6. The van der Waals surface area contributed by atoms with Gasteiger partial charge in [0.25, 0.3) is 0 Å². The van der Waals surface area contributed by atoms with E-state index in [-0.39, 0.29) is 22.2 Å². The first-order valence-electron chi connectivity index (χ1n) is 5.40. The van der Waals surface area contributed by atoms with Crippen LogP contribution in [-0.4, -0.2) is 33.4 Å². The minimum Gasteiger partial charge on any atom is -0.376 e. The van der Waals surface area contributed by atoms with Crippen LogP contribution in [0.1, 0.15) is 6.92 Å². The molecule has 1 rings (SSSR count). The predicted molar refractivity (Wildman–Crippen MR) is 73.0 cm³/mol. The molecule has 0 heterocycles. The normalized spacial score (nSPS) is 13.6. The Balaban J connectivity index is 2.95. The van der Waals surface area contributed by atoms with Crippen molar-refractivity contribution in [1.82, 2.24) is 0 Å². The van der Waals surface area contributed by atoms with Crippen LogP contribution in [0.15, 0.2) is 23.1 Å². The summed E-state index contributed by atoms with van der Waals surface area (Å²) < 4.78 is 29.4. The Morgan fingerprint density at radius 3 is 2.50 bits per heavy atom. The number of halogens is 2. The van der Waals surface area contributed by atoms with Gasteiger partial charge in [0.15, 0.2) is 9.84 Å². The zero-order valence-electron chi connectivity index (χ0n) is 9.90. The summed E-state index contributed by atoms with van der Waals surface area (Å²) in [5, 5.41) is 0.522. The molecule has 0 saturated carbocycles. The van der Waals surface area contributed by atoms with Crippen LogP contribution >= 0.6 is 23.2 Å². The standard InChI is InChI=1S/C11H15Cl2NO3S/c1-2-17-8(6-14)7-18(15,16)9-3-4-10(12)11(13)5-9/h3-5,8H,2,6-7,14H2,1H3. The Morgan fingerprint density at radius 1 is 1.33 bits per heavy atom. The van der Waals surface area contributed by atoms with Crippen LogP contribution < -0.4 is 5.73 Å². The van der Waals surface area contributed by atoms with Gasteiger partial charge >= 0.3 is 0 Å². The van der Waals surface area contributed by atoms with E-state index in [4.69, 9.17) is 33.7 Å². The highest BCUT2D eigenvalue weighted by molar-refractivity contribution is 7.91. The van der Waals surface area contributed by atoms with Gasteiger partial charge in [0.05, 0.1) is 26.8 Å². The molecule has 0 fully saturated rings. The fourth-order valence-corrected chi connectivity index (χ4v) is 3.28. The van der Waals surface area contributed by atoms with E-state index in [1.165, 1.54) is 18.2 Å². The first-order chi connectivity index (χ1) is 8.40. The van der Waals surface area contributed by atoms with Crippen molar-refractivity contribution >= 4 is 33.0 Å².